The van der Waals surface area contributed by atoms with Gasteiger partial charge in [-0.25, -0.2) is 0 Å². The molecule has 0 atom stereocenters. The molecule has 0 aliphatic rings. The van der Waals surface area contributed by atoms with Gasteiger partial charge in [-0.3, -0.25) is 0 Å². The smallest absolute Gasteiger partial charge is 0.116 e. The molecule has 0 saturated heterocycles. The fourth-order valence-electron chi connectivity index (χ4n) is 0. The Morgan fingerprint density at radius 1 is 1.25 bits per heavy atom. The average Bonchev–Trinajstić information content (AvgIpc) is 1.00. The van der Waals surface area contributed by atoms with E-state index in [1.54, 1.807) is 0 Å². The van der Waals surface area contributed by atoms with Crippen molar-refractivity contribution in [3.63, 3.8) is 0 Å². The molecule has 0 heterocycles. The summed E-state index contributed by atoms with van der Waals surface area (Å²) in [5, 5.41) is 0. The Morgan fingerprint density at radius 3 is 1.25 bits per heavy atom. The zero-order valence-electron chi connectivity index (χ0n) is 2.17. The van der Waals surface area contributed by atoms with Gasteiger partial charge in [0.05, 0.1) is 0 Å². The van der Waals surface area contributed by atoms with Crippen molar-refractivity contribution in [1.82, 2.24) is 0 Å². The SMILES string of the molecule is FCl.[Ba].[Sr]. The van der Waals surface area contributed by atoms with Crippen LogP contribution in [0.5, 0.6) is 0 Å². The topological polar surface area (TPSA) is 0 Å². The zero-order chi connectivity index (χ0) is 2.00. The molecule has 0 nitrogen and oxygen atoms in total. The van der Waals surface area contributed by atoms with E-state index in [2.05, 4.69) is 12.0 Å². The number of halogens is 2. The number of hydrogen-bond acceptors (Lipinski definition) is 0. The molecule has 0 rings (SSSR count). The van der Waals surface area contributed by atoms with Crippen LogP contribution in [0.3, 0.4) is 0 Å². The van der Waals surface area contributed by atoms with Gasteiger partial charge in [0.25, 0.3) is 0 Å². The molecule has 0 saturated carbocycles. The second kappa shape index (κ2) is 16.3. The molecule has 0 aliphatic carbocycles. The second-order valence-corrected chi connectivity index (χ2v) is 0. The van der Waals surface area contributed by atoms with E-state index in [4.69, 9.17) is 3.98 Å². The van der Waals surface area contributed by atoms with E-state index in [1.807, 2.05) is 0 Å². The van der Waals surface area contributed by atoms with E-state index in [0.717, 1.165) is 0 Å². The molecule has 0 aromatic carbocycles. The molecule has 0 aliphatic heterocycles. The maximum absolute atomic E-state index is 8.97. The number of rotatable bonds is 0. The van der Waals surface area contributed by atoms with Gasteiger partial charge in [0.1, 0.15) is 12.0 Å². The normalized spacial score (nSPS) is 1.50. The van der Waals surface area contributed by atoms with Gasteiger partial charge in [-0.15, -0.1) is 3.98 Å². The first-order valence-electron chi connectivity index (χ1n) is 0.143. The van der Waals surface area contributed by atoms with Crippen LogP contribution < -0.4 is 0 Å². The Labute approximate surface area is 107 Å². The summed E-state index contributed by atoms with van der Waals surface area (Å²) in [5.74, 6) is 0. The minimum atomic E-state index is 0. The Kier molecular flexibility index (Phi) is 63.8. The van der Waals surface area contributed by atoms with Gasteiger partial charge >= 0.3 is 0 Å². The molecule has 0 aromatic rings. The van der Waals surface area contributed by atoms with Crippen LogP contribution in [0.1, 0.15) is 0 Å². The maximum atomic E-state index is 8.97. The molecule has 0 N–H and O–H groups in total. The van der Waals surface area contributed by atoms with Crippen molar-refractivity contribution < 1.29 is 3.98 Å². The molecule has 0 spiro atoms. The van der Waals surface area contributed by atoms with Crippen LogP contribution in [0, 0.1) is 0 Å². The summed E-state index contributed by atoms with van der Waals surface area (Å²) in [5.41, 5.74) is 0. The van der Waals surface area contributed by atoms with Gasteiger partial charge in [0, 0.05) is 94.4 Å². The Bertz CT molecular complexity index is 8.00. The van der Waals surface area contributed by atoms with Crippen LogP contribution in [-0.2, 0) is 0 Å². The van der Waals surface area contributed by atoms with Gasteiger partial charge in [-0.2, -0.15) is 0 Å². The predicted molar refractivity (Wildman–Crippen MR) is 18.5 cm³/mol. The van der Waals surface area contributed by atoms with Crippen molar-refractivity contribution in [3.8, 4) is 0 Å². The Morgan fingerprint density at radius 2 is 1.25 bits per heavy atom. The van der Waals surface area contributed by atoms with Crippen molar-refractivity contribution in [1.29, 1.82) is 0 Å². The van der Waals surface area contributed by atoms with E-state index >= 15 is 0 Å². The van der Waals surface area contributed by atoms with Gasteiger partial charge in [-0.1, -0.05) is 0 Å². The van der Waals surface area contributed by atoms with E-state index in [0.29, 0.717) is 0 Å². The number of hydrogen-bond donors (Lipinski definition) is 0. The second-order valence-electron chi connectivity index (χ2n) is 0. The third-order valence-corrected chi connectivity index (χ3v) is 0. The van der Waals surface area contributed by atoms with E-state index in [1.165, 1.54) is 0 Å². The van der Waals surface area contributed by atoms with E-state index < -0.39 is 0 Å². The first-order chi connectivity index (χ1) is 1.00. The van der Waals surface area contributed by atoms with Crippen LogP contribution in [0.15, 0.2) is 0 Å². The summed E-state index contributed by atoms with van der Waals surface area (Å²) in [6.07, 6.45) is 0. The summed E-state index contributed by atoms with van der Waals surface area (Å²) >= 11 is 3.14. The van der Waals surface area contributed by atoms with E-state index in [-0.39, 0.29) is 94.4 Å². The molecule has 4 heavy (non-hydrogen) atoms. The summed E-state index contributed by atoms with van der Waals surface area (Å²) < 4.78 is 8.97. The minimum absolute atomic E-state index is 0. The van der Waals surface area contributed by atoms with Gasteiger partial charge < -0.3 is 0 Å². The predicted octanol–water partition coefficient (Wildman–Crippen LogP) is 0.348. The van der Waals surface area contributed by atoms with Gasteiger partial charge in [0.15, 0.2) is 0 Å². The monoisotopic (exact) mass is 280 g/mol. The van der Waals surface area contributed by atoms with Crippen molar-refractivity contribution in [3.05, 3.63) is 0 Å². The summed E-state index contributed by atoms with van der Waals surface area (Å²) in [6, 6.07) is 0. The minimum Gasteiger partial charge on any atom is -0.116 e. The van der Waals surface area contributed by atoms with Crippen molar-refractivity contribution in [2.24, 2.45) is 0 Å². The van der Waals surface area contributed by atoms with Crippen LogP contribution in [0.2, 0.25) is 0 Å². The first kappa shape index (κ1) is 15.7. The molecular formula is BaClFSr. The average molecular weight is 279 g/mol. The quantitative estimate of drug-likeness (QED) is 0.561. The summed E-state index contributed by atoms with van der Waals surface area (Å²) in [6.45, 7) is 0. The summed E-state index contributed by atoms with van der Waals surface area (Å²) in [4.78, 5) is 0. The van der Waals surface area contributed by atoms with Crippen molar-refractivity contribution >= 4 is 106 Å². The molecule has 4 radical (unpaired) electrons. The molecule has 4 heteroatoms. The fraction of sp³-hybridized carbons (Fsp3) is 0. The maximum Gasteiger partial charge on any atom is 0.116 e. The van der Waals surface area contributed by atoms with Crippen molar-refractivity contribution in [2.75, 3.05) is 0 Å². The molecule has 0 bridgehead atoms. The molecule has 0 fully saturated rings. The molecule has 0 unspecified atom stereocenters. The van der Waals surface area contributed by atoms with Crippen LogP contribution in [0.25, 0.3) is 0 Å². The van der Waals surface area contributed by atoms with Gasteiger partial charge in [-0.05, 0) is 0 Å². The Hall–Kier alpha value is 3.27. The largest absolute Gasteiger partial charge is 0.116 e. The van der Waals surface area contributed by atoms with Crippen LogP contribution in [-0.4, -0.2) is 94.4 Å². The fourth-order valence-corrected chi connectivity index (χ4v) is 0. The standard InChI is InChI=1S/Ba.ClF.Sr/c;1-2;. The van der Waals surface area contributed by atoms with Crippen LogP contribution >= 0.6 is 12.0 Å². The third kappa shape index (κ3) is 8.99. The molecule has 0 aromatic heterocycles. The van der Waals surface area contributed by atoms with E-state index in [9.17, 15) is 0 Å². The molecule has 0 amide bonds. The summed E-state index contributed by atoms with van der Waals surface area (Å²) in [7, 11) is 0. The Balaban J connectivity index is -0.00000000500. The van der Waals surface area contributed by atoms with Gasteiger partial charge in [0.2, 0.25) is 0 Å². The zero-order valence-corrected chi connectivity index (χ0v) is 10.8. The molecular weight excluding hydrogens is 279 g/mol. The third-order valence-electron chi connectivity index (χ3n) is 0. The van der Waals surface area contributed by atoms with Crippen LogP contribution in [0.4, 0.5) is 3.98 Å². The molecule has 18 valence electrons. The first-order valence-corrected chi connectivity index (χ1v) is 0.429. The van der Waals surface area contributed by atoms with Crippen molar-refractivity contribution in [2.45, 2.75) is 0 Å².